The van der Waals surface area contributed by atoms with Crippen LogP contribution in [0.2, 0.25) is 5.02 Å². The Morgan fingerprint density at radius 2 is 1.86 bits per heavy atom. The number of halogens is 2. The summed E-state index contributed by atoms with van der Waals surface area (Å²) in [7, 11) is 0. The molecule has 0 aromatic heterocycles. The molecule has 1 rings (SSSR count). The van der Waals surface area contributed by atoms with Crippen LogP contribution in [0.15, 0.2) is 39.1 Å². The summed E-state index contributed by atoms with van der Waals surface area (Å²) in [6.07, 6.45) is 0.883. The molecule has 76 valence electrons. The maximum Gasteiger partial charge on any atom is 0.0406 e. The summed E-state index contributed by atoms with van der Waals surface area (Å²) in [6.45, 7) is 4.08. The van der Waals surface area contributed by atoms with E-state index in [9.17, 15) is 0 Å². The second-order valence-corrected chi connectivity index (χ2v) is 5.05. The molecule has 0 amide bonds. The van der Waals surface area contributed by atoms with Gasteiger partial charge < -0.3 is 0 Å². The lowest BCUT2D eigenvalue weighted by Crippen LogP contribution is -1.76. The van der Waals surface area contributed by atoms with Gasteiger partial charge in [0.2, 0.25) is 0 Å². The van der Waals surface area contributed by atoms with Crippen molar-refractivity contribution in [2.45, 2.75) is 25.2 Å². The molecule has 0 saturated carbocycles. The first-order chi connectivity index (χ1) is 6.63. The molecule has 1 aromatic carbocycles. The minimum absolute atomic E-state index is 0.762. The van der Waals surface area contributed by atoms with Gasteiger partial charge >= 0.3 is 0 Å². The third-order valence-corrected chi connectivity index (χ3v) is 3.75. The smallest absolute Gasteiger partial charge is 0.0406 e. The summed E-state index contributed by atoms with van der Waals surface area (Å²) in [5, 5.41) is 1.68. The SMILES string of the molecule is CC/C(Cl)=C(\C)Sc1ccc(Cl)cc1. The van der Waals surface area contributed by atoms with Crippen molar-refractivity contribution >= 4 is 35.0 Å². The van der Waals surface area contributed by atoms with Crippen LogP contribution in [0, 0.1) is 0 Å². The molecule has 0 atom stereocenters. The van der Waals surface area contributed by atoms with Crippen LogP contribution in [0.5, 0.6) is 0 Å². The molecule has 0 aliphatic heterocycles. The minimum atomic E-state index is 0.762. The van der Waals surface area contributed by atoms with E-state index in [1.54, 1.807) is 11.8 Å². The van der Waals surface area contributed by atoms with Gasteiger partial charge in [-0.15, -0.1) is 0 Å². The van der Waals surface area contributed by atoms with E-state index in [4.69, 9.17) is 23.2 Å². The molecule has 0 heterocycles. The van der Waals surface area contributed by atoms with Gasteiger partial charge in [-0.2, -0.15) is 0 Å². The molecule has 0 saturated heterocycles. The monoisotopic (exact) mass is 246 g/mol. The molecule has 0 fully saturated rings. The van der Waals surface area contributed by atoms with Crippen LogP contribution in [-0.2, 0) is 0 Å². The van der Waals surface area contributed by atoms with Crippen LogP contribution in [0.1, 0.15) is 20.3 Å². The lowest BCUT2D eigenvalue weighted by molar-refractivity contribution is 1.18. The fourth-order valence-electron chi connectivity index (χ4n) is 0.984. The molecule has 1 aromatic rings. The zero-order chi connectivity index (χ0) is 10.6. The summed E-state index contributed by atoms with van der Waals surface area (Å²) in [4.78, 5) is 2.31. The Balaban J connectivity index is 2.74. The normalized spacial score (nSPS) is 12.6. The largest absolute Gasteiger partial charge is 0.0936 e. The summed E-state index contributed by atoms with van der Waals surface area (Å²) < 4.78 is 0. The van der Waals surface area contributed by atoms with Gasteiger partial charge in [-0.1, -0.05) is 41.9 Å². The molecular weight excluding hydrogens is 235 g/mol. The number of hydrogen-bond acceptors (Lipinski definition) is 1. The highest BCUT2D eigenvalue weighted by Crippen LogP contribution is 2.31. The maximum atomic E-state index is 6.03. The van der Waals surface area contributed by atoms with Gasteiger partial charge in [0.05, 0.1) is 0 Å². The fraction of sp³-hybridized carbons (Fsp3) is 0.273. The Morgan fingerprint density at radius 1 is 1.29 bits per heavy atom. The molecule has 0 aliphatic carbocycles. The van der Waals surface area contributed by atoms with E-state index in [0.29, 0.717) is 0 Å². The van der Waals surface area contributed by atoms with Crippen molar-refractivity contribution in [2.75, 3.05) is 0 Å². The Labute approximate surface area is 99.3 Å². The minimum Gasteiger partial charge on any atom is -0.0936 e. The topological polar surface area (TPSA) is 0 Å². The van der Waals surface area contributed by atoms with Crippen molar-refractivity contribution < 1.29 is 0 Å². The first kappa shape index (κ1) is 12.0. The van der Waals surface area contributed by atoms with Gasteiger partial charge in [0.1, 0.15) is 0 Å². The highest BCUT2D eigenvalue weighted by atomic mass is 35.5. The molecular formula is C11H12Cl2S. The average molecular weight is 247 g/mol. The Hall–Kier alpha value is -0.110. The van der Waals surface area contributed by atoms with Crippen molar-refractivity contribution in [3.05, 3.63) is 39.2 Å². The van der Waals surface area contributed by atoms with Crippen LogP contribution in [0.3, 0.4) is 0 Å². The van der Waals surface area contributed by atoms with E-state index in [0.717, 1.165) is 21.4 Å². The van der Waals surface area contributed by atoms with Crippen LogP contribution < -0.4 is 0 Å². The van der Waals surface area contributed by atoms with Crippen molar-refractivity contribution in [1.82, 2.24) is 0 Å². The summed E-state index contributed by atoms with van der Waals surface area (Å²) in [5.74, 6) is 0. The number of allylic oxidation sites excluding steroid dienone is 2. The van der Waals surface area contributed by atoms with Crippen LogP contribution >= 0.6 is 35.0 Å². The van der Waals surface area contributed by atoms with Gasteiger partial charge in [-0.3, -0.25) is 0 Å². The molecule has 0 radical (unpaired) electrons. The van der Waals surface area contributed by atoms with Gasteiger partial charge in [-0.25, -0.2) is 0 Å². The third-order valence-electron chi connectivity index (χ3n) is 1.78. The predicted octanol–water partition coefficient (Wildman–Crippen LogP) is 5.31. The predicted molar refractivity (Wildman–Crippen MR) is 66.2 cm³/mol. The molecule has 0 bridgehead atoms. The Bertz CT molecular complexity index is 328. The zero-order valence-corrected chi connectivity index (χ0v) is 10.5. The van der Waals surface area contributed by atoms with Crippen LogP contribution in [0.4, 0.5) is 0 Å². The van der Waals surface area contributed by atoms with Crippen LogP contribution in [-0.4, -0.2) is 0 Å². The van der Waals surface area contributed by atoms with E-state index in [-0.39, 0.29) is 0 Å². The first-order valence-corrected chi connectivity index (χ1v) is 5.99. The van der Waals surface area contributed by atoms with E-state index in [1.165, 1.54) is 4.90 Å². The standard InChI is InChI=1S/C11H12Cl2S/c1-3-11(13)8(2)14-10-6-4-9(12)5-7-10/h4-7H,3H2,1-2H3/b11-8-. The quantitative estimate of drug-likeness (QED) is 0.652. The highest BCUT2D eigenvalue weighted by molar-refractivity contribution is 8.03. The number of hydrogen-bond donors (Lipinski definition) is 0. The molecule has 3 heteroatoms. The van der Waals surface area contributed by atoms with Gasteiger partial charge in [0.15, 0.2) is 0 Å². The fourth-order valence-corrected chi connectivity index (χ4v) is 2.11. The van der Waals surface area contributed by atoms with Crippen LogP contribution in [0.25, 0.3) is 0 Å². The highest BCUT2D eigenvalue weighted by Gasteiger charge is 2.00. The van der Waals surface area contributed by atoms with E-state index < -0.39 is 0 Å². The second-order valence-electron chi connectivity index (χ2n) is 2.87. The van der Waals surface area contributed by atoms with Gasteiger partial charge in [0.25, 0.3) is 0 Å². The first-order valence-electron chi connectivity index (χ1n) is 4.42. The molecule has 0 nitrogen and oxygen atoms in total. The third kappa shape index (κ3) is 3.56. The number of benzene rings is 1. The lowest BCUT2D eigenvalue weighted by atomic mass is 10.4. The molecule has 0 unspecified atom stereocenters. The molecule has 0 spiro atoms. The summed E-state index contributed by atoms with van der Waals surface area (Å²) >= 11 is 13.5. The summed E-state index contributed by atoms with van der Waals surface area (Å²) in [6, 6.07) is 7.76. The number of rotatable bonds is 3. The molecule has 0 N–H and O–H groups in total. The van der Waals surface area contributed by atoms with Crippen molar-refractivity contribution in [3.63, 3.8) is 0 Å². The lowest BCUT2D eigenvalue weighted by Gasteiger charge is -2.03. The van der Waals surface area contributed by atoms with Gasteiger partial charge in [-0.05, 0) is 37.6 Å². The van der Waals surface area contributed by atoms with Crippen molar-refractivity contribution in [2.24, 2.45) is 0 Å². The van der Waals surface area contributed by atoms with E-state index >= 15 is 0 Å². The summed E-state index contributed by atoms with van der Waals surface area (Å²) in [5.41, 5.74) is 0. The zero-order valence-electron chi connectivity index (χ0n) is 8.18. The Kier molecular flexibility index (Phi) is 4.86. The molecule has 14 heavy (non-hydrogen) atoms. The van der Waals surface area contributed by atoms with E-state index in [1.807, 2.05) is 38.1 Å². The second kappa shape index (κ2) is 5.69. The van der Waals surface area contributed by atoms with Gasteiger partial charge in [0, 0.05) is 19.9 Å². The molecule has 0 aliphatic rings. The Morgan fingerprint density at radius 3 is 2.36 bits per heavy atom. The van der Waals surface area contributed by atoms with E-state index in [2.05, 4.69) is 0 Å². The average Bonchev–Trinajstić information content (AvgIpc) is 2.20. The van der Waals surface area contributed by atoms with Crippen molar-refractivity contribution in [1.29, 1.82) is 0 Å². The van der Waals surface area contributed by atoms with Crippen molar-refractivity contribution in [3.8, 4) is 0 Å². The maximum absolute atomic E-state index is 6.03. The number of thioether (sulfide) groups is 1.